The van der Waals surface area contributed by atoms with Gasteiger partial charge in [0, 0.05) is 0 Å². The third-order valence-electron chi connectivity index (χ3n) is 10.4. The number of fused-ring (bicyclic) bond motifs is 5. The molecule has 0 amide bonds. The van der Waals surface area contributed by atoms with Crippen LogP contribution in [0.4, 0.5) is 0 Å². The van der Waals surface area contributed by atoms with Crippen LogP contribution in [0.3, 0.4) is 0 Å². The van der Waals surface area contributed by atoms with Crippen molar-refractivity contribution in [1.29, 1.82) is 0 Å². The van der Waals surface area contributed by atoms with Gasteiger partial charge in [-0.3, -0.25) is 4.79 Å². The number of rotatable bonds is 6. The average molecular weight is 521 g/mol. The van der Waals surface area contributed by atoms with Gasteiger partial charge >= 0.3 is 5.97 Å². The fourth-order valence-electron chi connectivity index (χ4n) is 8.20. The van der Waals surface area contributed by atoms with Crippen molar-refractivity contribution in [2.45, 2.75) is 77.6 Å². The second-order valence-electron chi connectivity index (χ2n) is 13.2. The molecule has 202 valence electrons. The number of ether oxygens (including phenoxy) is 2. The highest BCUT2D eigenvalue weighted by atomic mass is 16.5. The summed E-state index contributed by atoms with van der Waals surface area (Å²) in [5.74, 6) is 2.16. The average Bonchev–Trinajstić information content (AvgIpc) is 2.94. The topological polar surface area (TPSA) is 35.5 Å². The minimum Gasteiger partial charge on any atom is -0.462 e. The van der Waals surface area contributed by atoms with Gasteiger partial charge in [0.2, 0.25) is 0 Å². The number of benzene rings is 4. The molecule has 39 heavy (non-hydrogen) atoms. The molecule has 1 unspecified atom stereocenters. The number of carbonyl (C=O) groups is 1. The van der Waals surface area contributed by atoms with E-state index in [1.807, 2.05) is 6.92 Å². The molecule has 4 aromatic rings. The minimum absolute atomic E-state index is 0.00109. The number of carbonyl (C=O) groups excluding carboxylic acids is 1. The molecule has 0 N–H and O–H groups in total. The van der Waals surface area contributed by atoms with Crippen molar-refractivity contribution in [3.63, 3.8) is 0 Å². The highest BCUT2D eigenvalue weighted by Gasteiger charge is 2.55. The van der Waals surface area contributed by atoms with Crippen LogP contribution in [0.15, 0.2) is 66.7 Å². The van der Waals surface area contributed by atoms with E-state index in [-0.39, 0.29) is 29.7 Å². The highest BCUT2D eigenvalue weighted by molar-refractivity contribution is 6.17. The smallest absolute Gasteiger partial charge is 0.308 e. The third-order valence-corrected chi connectivity index (χ3v) is 10.4. The molecule has 0 saturated heterocycles. The molecule has 0 aromatic heterocycles. The molecule has 4 aliphatic carbocycles. The monoisotopic (exact) mass is 520 g/mol. The molecule has 0 radical (unpaired) electrons. The van der Waals surface area contributed by atoms with Gasteiger partial charge in [-0.1, -0.05) is 74.5 Å². The molecule has 8 rings (SSSR count). The minimum atomic E-state index is -0.366. The Morgan fingerprint density at radius 3 is 2.00 bits per heavy atom. The fraction of sp³-hybridized carbons (Fsp3) is 0.472. The highest BCUT2D eigenvalue weighted by Crippen LogP contribution is 2.57. The SMILES string of the molecule is CCC(C)C(=O)OC1C2CC3CC1CC(C2)C3OC(C)(C)c1ccc2c(ccc3c4ccccc4ccc23)c1. The van der Waals surface area contributed by atoms with E-state index in [9.17, 15) is 4.79 Å². The van der Waals surface area contributed by atoms with Gasteiger partial charge in [0.15, 0.2) is 0 Å². The van der Waals surface area contributed by atoms with Crippen LogP contribution in [0.5, 0.6) is 0 Å². The summed E-state index contributed by atoms with van der Waals surface area (Å²) in [4.78, 5) is 12.6. The summed E-state index contributed by atoms with van der Waals surface area (Å²) in [6.07, 6.45) is 5.78. The predicted octanol–water partition coefficient (Wildman–Crippen LogP) is 8.79. The van der Waals surface area contributed by atoms with Crippen molar-refractivity contribution in [3.05, 3.63) is 72.3 Å². The molecule has 4 aliphatic rings. The lowest BCUT2D eigenvalue weighted by atomic mass is 9.53. The summed E-state index contributed by atoms with van der Waals surface area (Å²) in [7, 11) is 0. The Bertz CT molecular complexity index is 1540. The Balaban J connectivity index is 1.12. The number of hydrogen-bond donors (Lipinski definition) is 0. The van der Waals surface area contributed by atoms with Crippen LogP contribution in [0.2, 0.25) is 0 Å². The Morgan fingerprint density at radius 1 is 0.769 bits per heavy atom. The molecule has 1 atom stereocenters. The van der Waals surface area contributed by atoms with Crippen LogP contribution in [-0.4, -0.2) is 18.2 Å². The van der Waals surface area contributed by atoms with Gasteiger partial charge < -0.3 is 9.47 Å². The Kier molecular flexibility index (Phi) is 6.00. The molecule has 4 bridgehead atoms. The molecule has 0 spiro atoms. The molecule has 0 aliphatic heterocycles. The Hall–Kier alpha value is -2.91. The second kappa shape index (κ2) is 9.34. The molecular formula is C36H40O3. The van der Waals surface area contributed by atoms with Gasteiger partial charge in [-0.15, -0.1) is 0 Å². The van der Waals surface area contributed by atoms with E-state index in [0.29, 0.717) is 23.7 Å². The van der Waals surface area contributed by atoms with Crippen LogP contribution in [-0.2, 0) is 19.9 Å². The van der Waals surface area contributed by atoms with Crippen molar-refractivity contribution in [2.75, 3.05) is 0 Å². The zero-order valence-corrected chi connectivity index (χ0v) is 23.7. The van der Waals surface area contributed by atoms with Crippen molar-refractivity contribution in [1.82, 2.24) is 0 Å². The first-order valence-corrected chi connectivity index (χ1v) is 15.1. The summed E-state index contributed by atoms with van der Waals surface area (Å²) < 4.78 is 13.2. The van der Waals surface area contributed by atoms with E-state index in [0.717, 1.165) is 32.1 Å². The summed E-state index contributed by atoms with van der Waals surface area (Å²) in [6, 6.07) is 24.6. The fourth-order valence-corrected chi connectivity index (χ4v) is 8.20. The Labute approximate surface area is 231 Å². The summed E-state index contributed by atoms with van der Waals surface area (Å²) in [6.45, 7) is 8.53. The van der Waals surface area contributed by atoms with E-state index in [1.165, 1.54) is 37.9 Å². The van der Waals surface area contributed by atoms with Crippen molar-refractivity contribution < 1.29 is 14.3 Å². The maximum atomic E-state index is 12.6. The van der Waals surface area contributed by atoms with E-state index in [2.05, 4.69) is 87.5 Å². The maximum Gasteiger partial charge on any atom is 0.308 e. The quantitative estimate of drug-likeness (QED) is 0.188. The standard InChI is InChI=1S/C36H40O3/c1-5-21(2)35(37)38-33-24-16-26-18-25(33)19-27(17-24)34(26)39-36(3,4)28-12-15-30-23(20-28)11-14-31-29-9-7-6-8-22(29)10-13-32(30)31/h6-15,20-21,24-27,33-34H,5,16-19H2,1-4H3. The van der Waals surface area contributed by atoms with E-state index < -0.39 is 0 Å². The lowest BCUT2D eigenvalue weighted by Gasteiger charge is -2.58. The van der Waals surface area contributed by atoms with Gasteiger partial charge in [0.05, 0.1) is 17.6 Å². The largest absolute Gasteiger partial charge is 0.462 e. The summed E-state index contributed by atoms with van der Waals surface area (Å²) in [5, 5.41) is 7.77. The first-order valence-electron chi connectivity index (χ1n) is 15.1. The normalized spacial score (nSPS) is 28.8. The van der Waals surface area contributed by atoms with Gasteiger partial charge in [-0.25, -0.2) is 0 Å². The van der Waals surface area contributed by atoms with Crippen molar-refractivity contribution in [2.24, 2.45) is 29.6 Å². The van der Waals surface area contributed by atoms with Crippen LogP contribution >= 0.6 is 0 Å². The molecular weight excluding hydrogens is 480 g/mol. The second-order valence-corrected chi connectivity index (χ2v) is 13.2. The van der Waals surface area contributed by atoms with Crippen LogP contribution < -0.4 is 0 Å². The molecule has 4 saturated carbocycles. The van der Waals surface area contributed by atoms with E-state index in [4.69, 9.17) is 9.47 Å². The molecule has 4 aromatic carbocycles. The summed E-state index contributed by atoms with van der Waals surface area (Å²) in [5.41, 5.74) is 0.874. The summed E-state index contributed by atoms with van der Waals surface area (Å²) >= 11 is 0. The van der Waals surface area contributed by atoms with Gasteiger partial charge in [0.25, 0.3) is 0 Å². The maximum absolute atomic E-state index is 12.6. The van der Waals surface area contributed by atoms with Gasteiger partial charge in [-0.2, -0.15) is 0 Å². The molecule has 3 nitrogen and oxygen atoms in total. The van der Waals surface area contributed by atoms with Crippen LogP contribution in [0.25, 0.3) is 32.3 Å². The molecule has 3 heteroatoms. The first-order chi connectivity index (χ1) is 18.8. The first kappa shape index (κ1) is 25.1. The van der Waals surface area contributed by atoms with Crippen LogP contribution in [0.1, 0.15) is 65.4 Å². The number of hydrogen-bond acceptors (Lipinski definition) is 3. The van der Waals surface area contributed by atoms with Crippen molar-refractivity contribution >= 4 is 38.3 Å². The zero-order valence-electron chi connectivity index (χ0n) is 23.7. The van der Waals surface area contributed by atoms with E-state index >= 15 is 0 Å². The van der Waals surface area contributed by atoms with E-state index in [1.54, 1.807) is 0 Å². The van der Waals surface area contributed by atoms with Gasteiger partial charge in [-0.05, 0) is 114 Å². The lowest BCUT2D eigenvalue weighted by molar-refractivity contribution is -0.217. The van der Waals surface area contributed by atoms with Crippen LogP contribution in [0, 0.1) is 29.6 Å². The number of esters is 1. The third kappa shape index (κ3) is 4.16. The van der Waals surface area contributed by atoms with Crippen molar-refractivity contribution in [3.8, 4) is 0 Å². The van der Waals surface area contributed by atoms with Gasteiger partial charge in [0.1, 0.15) is 6.10 Å². The molecule has 4 fully saturated rings. The zero-order chi connectivity index (χ0) is 26.9. The Morgan fingerprint density at radius 2 is 1.33 bits per heavy atom. The predicted molar refractivity (Wildman–Crippen MR) is 159 cm³/mol. The lowest BCUT2D eigenvalue weighted by Crippen LogP contribution is -2.57. The molecule has 0 heterocycles.